The van der Waals surface area contributed by atoms with Gasteiger partial charge in [0.15, 0.2) is 0 Å². The molecule has 1 nitrogen and oxygen atoms in total. The molecule has 0 spiro atoms. The predicted molar refractivity (Wildman–Crippen MR) is 98.8 cm³/mol. The van der Waals surface area contributed by atoms with Crippen LogP contribution in [0.4, 0.5) is 8.78 Å². The average molecular weight is 430 g/mol. The van der Waals surface area contributed by atoms with Crippen molar-refractivity contribution in [2.75, 3.05) is 11.5 Å². The Bertz CT molecular complexity index is 637. The predicted octanol–water partition coefficient (Wildman–Crippen LogP) is 6.17. The third-order valence-corrected chi connectivity index (χ3v) is 4.01. The zero-order valence-corrected chi connectivity index (χ0v) is 15.5. The maximum atomic E-state index is 14.3. The molecule has 3 rings (SSSR count). The minimum absolute atomic E-state index is 0.164. The summed E-state index contributed by atoms with van der Waals surface area (Å²) in [6.07, 6.45) is 1.73. The van der Waals surface area contributed by atoms with Crippen LogP contribution in [0.1, 0.15) is 31.4 Å². The monoisotopic (exact) mass is 430 g/mol. The average Bonchev–Trinajstić information content (AvgIpc) is 2.58. The van der Waals surface area contributed by atoms with Crippen molar-refractivity contribution in [1.29, 1.82) is 0 Å². The first-order chi connectivity index (χ1) is 11.1. The molecule has 1 saturated heterocycles. The highest BCUT2D eigenvalue weighted by Gasteiger charge is 2.23. The number of rotatable bonds is 2. The largest absolute Gasteiger partial charge is 0.373 e. The van der Waals surface area contributed by atoms with Crippen molar-refractivity contribution in [3.05, 3.63) is 59.7 Å². The summed E-state index contributed by atoms with van der Waals surface area (Å²) in [7, 11) is 0. The molecule has 2 unspecified atom stereocenters. The molecular weight excluding hydrogens is 409 g/mol. The van der Waals surface area contributed by atoms with Crippen molar-refractivity contribution in [2.45, 2.75) is 25.9 Å². The van der Waals surface area contributed by atoms with Gasteiger partial charge in [0.25, 0.3) is 0 Å². The highest BCUT2D eigenvalue weighted by atomic mass is 127. The van der Waals surface area contributed by atoms with Crippen molar-refractivity contribution >= 4 is 22.6 Å². The molecule has 23 heavy (non-hydrogen) atoms. The van der Waals surface area contributed by atoms with Gasteiger partial charge in [-0.2, -0.15) is 0 Å². The molecule has 1 fully saturated rings. The fourth-order valence-electron chi connectivity index (χ4n) is 2.76. The molecule has 0 aliphatic carbocycles. The molecule has 0 amide bonds. The third kappa shape index (κ3) is 4.73. The van der Waals surface area contributed by atoms with Gasteiger partial charge in [-0.25, -0.2) is 8.78 Å². The van der Waals surface area contributed by atoms with E-state index in [9.17, 15) is 8.78 Å². The molecule has 0 aromatic heterocycles. The molecule has 2 aromatic rings. The molecule has 0 radical (unpaired) electrons. The van der Waals surface area contributed by atoms with Crippen molar-refractivity contribution in [2.24, 2.45) is 5.92 Å². The van der Waals surface area contributed by atoms with Gasteiger partial charge in [-0.05, 0) is 53.0 Å². The Balaban J connectivity index is 0.000000924. The Morgan fingerprint density at radius 3 is 2.35 bits per heavy atom. The molecule has 1 aliphatic heterocycles. The molecule has 0 N–H and O–H groups in total. The second kappa shape index (κ2) is 8.73. The van der Waals surface area contributed by atoms with Gasteiger partial charge in [-0.1, -0.05) is 53.8 Å². The van der Waals surface area contributed by atoms with E-state index in [1.165, 1.54) is 18.2 Å². The van der Waals surface area contributed by atoms with Gasteiger partial charge in [0.2, 0.25) is 0 Å². The van der Waals surface area contributed by atoms with E-state index in [2.05, 4.69) is 29.5 Å². The quantitative estimate of drug-likeness (QED) is 0.409. The topological polar surface area (TPSA) is 9.23 Å². The lowest BCUT2D eigenvalue weighted by Gasteiger charge is -2.27. The first kappa shape index (κ1) is 18.3. The van der Waals surface area contributed by atoms with Crippen LogP contribution in [0.2, 0.25) is 0 Å². The minimum Gasteiger partial charge on any atom is -0.373 e. The van der Waals surface area contributed by atoms with E-state index >= 15 is 0 Å². The van der Waals surface area contributed by atoms with Crippen LogP contribution in [0.25, 0.3) is 11.1 Å². The van der Waals surface area contributed by atoms with Gasteiger partial charge in [-0.15, -0.1) is 0 Å². The van der Waals surface area contributed by atoms with E-state index in [-0.39, 0.29) is 17.7 Å². The Hall–Kier alpha value is -1.01. The van der Waals surface area contributed by atoms with Crippen molar-refractivity contribution in [3.63, 3.8) is 0 Å². The second-order valence-electron chi connectivity index (χ2n) is 5.75. The summed E-state index contributed by atoms with van der Waals surface area (Å²) < 4.78 is 33.3. The summed E-state index contributed by atoms with van der Waals surface area (Å²) >= 11 is 2.15. The number of ether oxygens (including phenoxy) is 1. The van der Waals surface area contributed by atoms with E-state index < -0.39 is 0 Å². The zero-order valence-electron chi connectivity index (χ0n) is 13.4. The summed E-state index contributed by atoms with van der Waals surface area (Å²) in [5.74, 6) is -0.0613. The highest BCUT2D eigenvalue weighted by molar-refractivity contribution is 14.1. The summed E-state index contributed by atoms with van der Waals surface area (Å²) in [5, 5.41) is 0. The van der Waals surface area contributed by atoms with Crippen LogP contribution >= 0.6 is 22.6 Å². The molecule has 0 bridgehead atoms. The number of benzene rings is 2. The smallest absolute Gasteiger partial charge is 0.129 e. The van der Waals surface area contributed by atoms with Gasteiger partial charge in [0.1, 0.15) is 11.6 Å². The summed E-state index contributed by atoms with van der Waals surface area (Å²) in [6, 6.07) is 11.2. The van der Waals surface area contributed by atoms with Gasteiger partial charge >= 0.3 is 0 Å². The fraction of sp³-hybridized carbons (Fsp3) is 0.368. The zero-order chi connectivity index (χ0) is 16.8. The second-order valence-corrected chi connectivity index (χ2v) is 5.75. The molecule has 0 saturated carbocycles. The number of alkyl halides is 1. The SMILES string of the molecule is CC1CCC(c2ccc(-c3cccc(F)c3)cc2F)OC1.CI. The summed E-state index contributed by atoms with van der Waals surface area (Å²) in [4.78, 5) is 1.97. The van der Waals surface area contributed by atoms with E-state index in [1.54, 1.807) is 18.2 Å². The molecule has 2 atom stereocenters. The highest BCUT2D eigenvalue weighted by Crippen LogP contribution is 2.33. The molecule has 1 heterocycles. The third-order valence-electron chi connectivity index (χ3n) is 4.01. The Labute approximate surface area is 150 Å². The van der Waals surface area contributed by atoms with Crippen LogP contribution in [-0.2, 0) is 4.74 Å². The number of hydrogen-bond acceptors (Lipinski definition) is 1. The first-order valence-corrected chi connectivity index (χ1v) is 9.84. The van der Waals surface area contributed by atoms with Crippen LogP contribution in [0.15, 0.2) is 42.5 Å². The molecule has 2 aromatic carbocycles. The lowest BCUT2D eigenvalue weighted by molar-refractivity contribution is -0.0141. The lowest BCUT2D eigenvalue weighted by Crippen LogP contribution is -2.19. The standard InChI is InChI=1S/C18H18F2O.CH3I/c1-12-5-8-18(21-11-12)16-7-6-14(10-17(16)20)13-3-2-4-15(19)9-13;1-2/h2-4,6-7,9-10,12,18H,5,8,11H2,1H3;1H3. The van der Waals surface area contributed by atoms with Crippen LogP contribution in [0, 0.1) is 17.6 Å². The van der Waals surface area contributed by atoms with E-state index in [1.807, 2.05) is 11.0 Å². The van der Waals surface area contributed by atoms with Crippen LogP contribution < -0.4 is 0 Å². The molecule has 4 heteroatoms. The molecule has 124 valence electrons. The lowest BCUT2D eigenvalue weighted by atomic mass is 9.94. The maximum absolute atomic E-state index is 14.3. The van der Waals surface area contributed by atoms with Crippen LogP contribution in [0.5, 0.6) is 0 Å². The Morgan fingerprint density at radius 1 is 1.00 bits per heavy atom. The van der Waals surface area contributed by atoms with Crippen LogP contribution in [-0.4, -0.2) is 11.5 Å². The number of hydrogen-bond donors (Lipinski definition) is 0. The summed E-state index contributed by atoms with van der Waals surface area (Å²) in [6.45, 7) is 2.81. The fourth-order valence-corrected chi connectivity index (χ4v) is 2.76. The van der Waals surface area contributed by atoms with Gasteiger partial charge < -0.3 is 4.74 Å². The Morgan fingerprint density at radius 2 is 1.74 bits per heavy atom. The van der Waals surface area contributed by atoms with Gasteiger partial charge in [0, 0.05) is 12.2 Å². The van der Waals surface area contributed by atoms with Gasteiger partial charge in [-0.3, -0.25) is 0 Å². The maximum Gasteiger partial charge on any atom is 0.129 e. The van der Waals surface area contributed by atoms with E-state index in [0.717, 1.165) is 12.8 Å². The normalized spacial score (nSPS) is 20.6. The Kier molecular flexibility index (Phi) is 6.96. The van der Waals surface area contributed by atoms with Crippen LogP contribution in [0.3, 0.4) is 0 Å². The summed E-state index contributed by atoms with van der Waals surface area (Å²) in [5.41, 5.74) is 1.96. The number of halogens is 3. The molecular formula is C19H21F2IO. The molecule has 1 aliphatic rings. The van der Waals surface area contributed by atoms with Gasteiger partial charge in [0.05, 0.1) is 6.10 Å². The van der Waals surface area contributed by atoms with E-state index in [4.69, 9.17) is 4.74 Å². The van der Waals surface area contributed by atoms with Crippen molar-refractivity contribution < 1.29 is 13.5 Å². The minimum atomic E-state index is -0.318. The van der Waals surface area contributed by atoms with E-state index in [0.29, 0.717) is 29.2 Å². The first-order valence-electron chi connectivity index (χ1n) is 7.68. The van der Waals surface area contributed by atoms with Crippen molar-refractivity contribution in [3.8, 4) is 11.1 Å². The van der Waals surface area contributed by atoms with Crippen molar-refractivity contribution in [1.82, 2.24) is 0 Å².